The van der Waals surface area contributed by atoms with Gasteiger partial charge in [0.25, 0.3) is 5.91 Å². The Hall–Kier alpha value is -2.73. The van der Waals surface area contributed by atoms with E-state index >= 15 is 0 Å². The van der Waals surface area contributed by atoms with E-state index in [0.717, 1.165) is 43.0 Å². The summed E-state index contributed by atoms with van der Waals surface area (Å²) in [4.78, 5) is 29.9. The van der Waals surface area contributed by atoms with Gasteiger partial charge >= 0.3 is 0 Å². The van der Waals surface area contributed by atoms with Crippen molar-refractivity contribution in [1.82, 2.24) is 24.8 Å². The number of nitrogens with one attached hydrogen (secondary N) is 1. The molecule has 1 saturated heterocycles. The van der Waals surface area contributed by atoms with Gasteiger partial charge in [0, 0.05) is 43.3 Å². The van der Waals surface area contributed by atoms with E-state index in [2.05, 4.69) is 19.9 Å². The van der Waals surface area contributed by atoms with Crippen molar-refractivity contribution in [3.05, 3.63) is 48.3 Å². The Morgan fingerprint density at radius 2 is 1.81 bits per heavy atom. The van der Waals surface area contributed by atoms with Crippen LogP contribution in [0.1, 0.15) is 55.4 Å². The molecule has 1 amide bonds. The fourth-order valence-corrected chi connectivity index (χ4v) is 5.18. The van der Waals surface area contributed by atoms with Gasteiger partial charge in [-0.2, -0.15) is 0 Å². The standard InChI is InChI=1S/C26H33N5O/c32-26(31-16-14-30(15-17-31)13-7-10-20-8-3-1-4-9-20)23-18-22-19-27-24(29-25(22)28-23)21-11-5-2-6-12-21/h2,5-6,11-12,18-20H,1,3-4,7-10,13-17H2,(H,27,28,29). The second kappa shape index (κ2) is 9.82. The summed E-state index contributed by atoms with van der Waals surface area (Å²) in [5.74, 6) is 1.69. The van der Waals surface area contributed by atoms with Crippen LogP contribution in [0.25, 0.3) is 22.4 Å². The van der Waals surface area contributed by atoms with Crippen LogP contribution in [0, 0.1) is 5.92 Å². The number of hydrogen-bond donors (Lipinski definition) is 1. The Morgan fingerprint density at radius 3 is 2.59 bits per heavy atom. The fraction of sp³-hybridized carbons (Fsp3) is 0.500. The number of carbonyl (C=O) groups is 1. The zero-order valence-electron chi connectivity index (χ0n) is 18.8. The molecule has 0 atom stereocenters. The van der Waals surface area contributed by atoms with Gasteiger partial charge in [-0.15, -0.1) is 0 Å². The van der Waals surface area contributed by atoms with Crippen LogP contribution in [-0.2, 0) is 0 Å². The highest BCUT2D eigenvalue weighted by Gasteiger charge is 2.24. The van der Waals surface area contributed by atoms with Crippen molar-refractivity contribution >= 4 is 16.9 Å². The van der Waals surface area contributed by atoms with E-state index in [1.807, 2.05) is 41.3 Å². The molecule has 6 heteroatoms. The molecule has 2 fully saturated rings. The molecule has 0 bridgehead atoms. The predicted octanol–water partition coefficient (Wildman–Crippen LogP) is 4.74. The average Bonchev–Trinajstić information content (AvgIpc) is 3.29. The van der Waals surface area contributed by atoms with Gasteiger partial charge in [0.2, 0.25) is 0 Å². The monoisotopic (exact) mass is 431 g/mol. The van der Waals surface area contributed by atoms with Crippen LogP contribution in [0.5, 0.6) is 0 Å². The lowest BCUT2D eigenvalue weighted by molar-refractivity contribution is 0.0628. The molecular weight excluding hydrogens is 398 g/mol. The summed E-state index contributed by atoms with van der Waals surface area (Å²) >= 11 is 0. The SMILES string of the molecule is O=C(c1cc2cnc(-c3ccccc3)nc2[nH]1)N1CCN(CCCC2CCCCC2)CC1. The number of nitrogens with zero attached hydrogens (tertiary/aromatic N) is 4. The molecule has 168 valence electrons. The van der Waals surface area contributed by atoms with Crippen LogP contribution in [0.2, 0.25) is 0 Å². The largest absolute Gasteiger partial charge is 0.335 e. The van der Waals surface area contributed by atoms with Crippen LogP contribution in [-0.4, -0.2) is 63.4 Å². The Bertz CT molecular complexity index is 1030. The molecule has 3 heterocycles. The van der Waals surface area contributed by atoms with Gasteiger partial charge in [-0.1, -0.05) is 62.4 Å². The third-order valence-corrected chi connectivity index (χ3v) is 7.10. The predicted molar refractivity (Wildman–Crippen MR) is 127 cm³/mol. The average molecular weight is 432 g/mol. The van der Waals surface area contributed by atoms with Crippen molar-refractivity contribution < 1.29 is 4.79 Å². The number of fused-ring (bicyclic) bond motifs is 1. The van der Waals surface area contributed by atoms with Gasteiger partial charge in [0.15, 0.2) is 5.82 Å². The first-order chi connectivity index (χ1) is 15.8. The lowest BCUT2D eigenvalue weighted by atomic mass is 9.86. The number of piperazine rings is 1. The number of hydrogen-bond acceptors (Lipinski definition) is 4. The molecule has 5 rings (SSSR count). The molecule has 2 aromatic heterocycles. The highest BCUT2D eigenvalue weighted by Crippen LogP contribution is 2.27. The summed E-state index contributed by atoms with van der Waals surface area (Å²) in [7, 11) is 0. The van der Waals surface area contributed by atoms with Crippen LogP contribution in [0.15, 0.2) is 42.6 Å². The number of benzene rings is 1. The Labute approximate surface area is 190 Å². The highest BCUT2D eigenvalue weighted by molar-refractivity contribution is 5.97. The maximum Gasteiger partial charge on any atom is 0.270 e. The van der Waals surface area contributed by atoms with E-state index in [1.54, 1.807) is 6.20 Å². The first-order valence-electron chi connectivity index (χ1n) is 12.2. The summed E-state index contributed by atoms with van der Waals surface area (Å²) in [6.07, 6.45) is 11.6. The summed E-state index contributed by atoms with van der Waals surface area (Å²) in [5.41, 5.74) is 2.28. The summed E-state index contributed by atoms with van der Waals surface area (Å²) in [6.45, 7) is 4.68. The van der Waals surface area contributed by atoms with Gasteiger partial charge < -0.3 is 9.88 Å². The van der Waals surface area contributed by atoms with Crippen LogP contribution < -0.4 is 0 Å². The van der Waals surface area contributed by atoms with E-state index in [-0.39, 0.29) is 5.91 Å². The fourth-order valence-electron chi connectivity index (χ4n) is 5.18. The molecule has 0 spiro atoms. The van der Waals surface area contributed by atoms with Crippen LogP contribution >= 0.6 is 0 Å². The number of rotatable bonds is 6. The number of amides is 1. The third kappa shape index (κ3) is 4.85. The van der Waals surface area contributed by atoms with Gasteiger partial charge in [-0.3, -0.25) is 9.69 Å². The van der Waals surface area contributed by atoms with Crippen LogP contribution in [0.3, 0.4) is 0 Å². The van der Waals surface area contributed by atoms with Gasteiger partial charge in [0.05, 0.1) is 0 Å². The van der Waals surface area contributed by atoms with Gasteiger partial charge in [0.1, 0.15) is 11.3 Å². The number of carbonyl (C=O) groups excluding carboxylic acids is 1. The number of aromatic nitrogens is 3. The highest BCUT2D eigenvalue weighted by atomic mass is 16.2. The second-order valence-corrected chi connectivity index (χ2v) is 9.33. The Kier molecular flexibility index (Phi) is 6.49. The molecule has 2 aliphatic rings. The molecule has 32 heavy (non-hydrogen) atoms. The maximum atomic E-state index is 13.1. The third-order valence-electron chi connectivity index (χ3n) is 7.10. The van der Waals surface area contributed by atoms with Crippen molar-refractivity contribution in [1.29, 1.82) is 0 Å². The zero-order valence-corrected chi connectivity index (χ0v) is 18.8. The summed E-state index contributed by atoms with van der Waals surface area (Å²) in [5, 5.41) is 0.870. The summed E-state index contributed by atoms with van der Waals surface area (Å²) in [6, 6.07) is 11.8. The zero-order chi connectivity index (χ0) is 21.8. The number of aromatic amines is 1. The van der Waals surface area contributed by atoms with Gasteiger partial charge in [-0.25, -0.2) is 9.97 Å². The molecular formula is C26H33N5O. The first kappa shape index (κ1) is 21.1. The lowest BCUT2D eigenvalue weighted by Crippen LogP contribution is -2.48. The molecule has 1 saturated carbocycles. The van der Waals surface area contributed by atoms with E-state index in [4.69, 9.17) is 0 Å². The topological polar surface area (TPSA) is 65.1 Å². The normalized spacial score (nSPS) is 18.3. The molecule has 0 unspecified atom stereocenters. The van der Waals surface area contributed by atoms with Crippen LogP contribution in [0.4, 0.5) is 0 Å². The first-order valence-corrected chi connectivity index (χ1v) is 12.2. The van der Waals surface area contributed by atoms with Crippen molar-refractivity contribution in [2.45, 2.75) is 44.9 Å². The van der Waals surface area contributed by atoms with Crippen molar-refractivity contribution in [2.24, 2.45) is 5.92 Å². The van der Waals surface area contributed by atoms with Crippen molar-refractivity contribution in [2.75, 3.05) is 32.7 Å². The minimum Gasteiger partial charge on any atom is -0.335 e. The Morgan fingerprint density at radius 1 is 1.03 bits per heavy atom. The smallest absolute Gasteiger partial charge is 0.270 e. The molecule has 1 N–H and O–H groups in total. The van der Waals surface area contributed by atoms with Crippen molar-refractivity contribution in [3.8, 4) is 11.4 Å². The van der Waals surface area contributed by atoms with Gasteiger partial charge in [-0.05, 0) is 31.4 Å². The molecule has 1 aliphatic carbocycles. The molecule has 0 radical (unpaired) electrons. The lowest BCUT2D eigenvalue weighted by Gasteiger charge is -2.34. The molecule has 1 aromatic carbocycles. The molecule has 6 nitrogen and oxygen atoms in total. The van der Waals surface area contributed by atoms with E-state index in [0.29, 0.717) is 17.2 Å². The molecule has 1 aliphatic heterocycles. The maximum absolute atomic E-state index is 13.1. The second-order valence-electron chi connectivity index (χ2n) is 9.33. The number of H-pyrrole nitrogens is 1. The summed E-state index contributed by atoms with van der Waals surface area (Å²) < 4.78 is 0. The quantitative estimate of drug-likeness (QED) is 0.612. The Balaban J connectivity index is 1.15. The van der Waals surface area contributed by atoms with E-state index in [1.165, 1.54) is 51.5 Å². The van der Waals surface area contributed by atoms with E-state index in [9.17, 15) is 4.79 Å². The molecule has 3 aromatic rings. The van der Waals surface area contributed by atoms with E-state index < -0.39 is 0 Å². The minimum atomic E-state index is 0.0612. The minimum absolute atomic E-state index is 0.0612. The van der Waals surface area contributed by atoms with Crippen molar-refractivity contribution in [3.63, 3.8) is 0 Å².